The van der Waals surface area contributed by atoms with Crippen molar-refractivity contribution in [3.8, 4) is 0 Å². The number of aromatic amines is 2. The third-order valence-corrected chi connectivity index (χ3v) is 22.6. The molecule has 4 aromatic carbocycles. The summed E-state index contributed by atoms with van der Waals surface area (Å²) in [5.41, 5.74) is 30.8. The van der Waals surface area contributed by atoms with Crippen LogP contribution in [0.15, 0.2) is 89.9 Å². The van der Waals surface area contributed by atoms with Crippen LogP contribution in [0.25, 0.3) is 65.8 Å². The van der Waals surface area contributed by atoms with E-state index in [1.807, 2.05) is 54.6 Å². The van der Waals surface area contributed by atoms with Crippen LogP contribution in [0.5, 0.6) is 0 Å². The van der Waals surface area contributed by atoms with Crippen molar-refractivity contribution in [2.75, 3.05) is 146 Å². The van der Waals surface area contributed by atoms with E-state index in [1.165, 1.54) is 12.6 Å². The Kier molecular flexibility index (Phi) is 41.4. The number of anilines is 5. The lowest BCUT2D eigenvalue weighted by atomic mass is 10.0. The SMILES string of the molecule is CCCCc1nc2c(N)nc3ccccc3c2n1CCCCN=C(CCCOCCC(C)=O)Nc1cccc(CNC(=O)CCOCCOC)c1.CCCCc1nc2c([nH]1)c(N)nc1cc(CCCCCNC(=O)[C@@H](CC(=O)CCOCCC(C)=O)CS(=O)(=O)O)ccc12.CCCCc1nc2c([nH]1)c(N)nc1ccc(N3CCN(CCOCCC(C)=O)CC3)cc12. The molecule has 1 aliphatic heterocycles. The summed E-state index contributed by atoms with van der Waals surface area (Å²) in [5.74, 6) is 2.47. The molecule has 684 valence electrons. The zero-order valence-electron chi connectivity index (χ0n) is 74.7. The van der Waals surface area contributed by atoms with E-state index >= 15 is 0 Å². The van der Waals surface area contributed by atoms with Gasteiger partial charge in [0.1, 0.15) is 85.7 Å². The molecule has 32 nitrogen and oxygen atoms in total. The van der Waals surface area contributed by atoms with Crippen LogP contribution >= 0.6 is 0 Å². The van der Waals surface area contributed by atoms with Crippen molar-refractivity contribution >= 4 is 146 Å². The number of piperazine rings is 1. The smallest absolute Gasteiger partial charge is 0.265 e. The van der Waals surface area contributed by atoms with Gasteiger partial charge >= 0.3 is 0 Å². The number of ether oxygens (including phenoxy) is 5. The van der Waals surface area contributed by atoms with Crippen molar-refractivity contribution in [1.29, 1.82) is 0 Å². The number of aryl methyl sites for hydroxylation is 5. The molecule has 0 unspecified atom stereocenters. The van der Waals surface area contributed by atoms with Crippen molar-refractivity contribution < 1.29 is 65.4 Å². The number of Topliss-reactive ketones (excluding diaryl/α,β-unsaturated/α-hetero) is 4. The number of carbonyl (C=O) groups excluding carboxylic acids is 6. The van der Waals surface area contributed by atoms with Gasteiger partial charge in [-0.3, -0.25) is 43.2 Å². The number of pyridine rings is 3. The van der Waals surface area contributed by atoms with Gasteiger partial charge in [-0.2, -0.15) is 8.42 Å². The number of unbranched alkanes of at least 4 members (excludes halogenated alkanes) is 6. The summed E-state index contributed by atoms with van der Waals surface area (Å²) in [7, 11) is -2.84. The molecule has 10 aromatic rings. The average molecular weight is 1760 g/mol. The second-order valence-corrected chi connectivity index (χ2v) is 33.7. The number of methoxy groups -OCH3 is 1. The van der Waals surface area contributed by atoms with Gasteiger partial charge in [-0.15, -0.1) is 0 Å². The van der Waals surface area contributed by atoms with Crippen LogP contribution < -0.4 is 38.1 Å². The summed E-state index contributed by atoms with van der Waals surface area (Å²) in [5, 5.41) is 12.2. The third-order valence-electron chi connectivity index (χ3n) is 21.7. The largest absolute Gasteiger partial charge is 0.382 e. The number of rotatable bonds is 54. The van der Waals surface area contributed by atoms with Crippen molar-refractivity contribution in [1.82, 2.24) is 60.0 Å². The Morgan fingerprint density at radius 1 is 0.532 bits per heavy atom. The predicted octanol–water partition coefficient (Wildman–Crippen LogP) is 13.1. The second-order valence-electron chi connectivity index (χ2n) is 32.2. The van der Waals surface area contributed by atoms with Gasteiger partial charge in [-0.05, 0) is 132 Å². The number of carbonyl (C=O) groups is 6. The number of fused-ring (bicyclic) bond motifs is 9. The molecular formula is C93H132N18O14S. The number of nitrogen functional groups attached to an aromatic ring is 3. The topological polar surface area (TPSA) is 450 Å². The number of nitrogens with one attached hydrogen (secondary N) is 5. The summed E-state index contributed by atoms with van der Waals surface area (Å²) in [4.78, 5) is 115. The molecule has 2 amide bonds. The molecule has 6 aromatic heterocycles. The molecule has 33 heteroatoms. The van der Waals surface area contributed by atoms with Crippen molar-refractivity contribution in [2.45, 2.75) is 202 Å². The van der Waals surface area contributed by atoms with Gasteiger partial charge in [0, 0.05) is 164 Å². The molecule has 1 saturated heterocycles. The van der Waals surface area contributed by atoms with Gasteiger partial charge in [0.15, 0.2) is 5.82 Å². The third kappa shape index (κ3) is 32.7. The van der Waals surface area contributed by atoms with E-state index in [-0.39, 0.29) is 61.5 Å². The monoisotopic (exact) mass is 1760 g/mol. The van der Waals surface area contributed by atoms with Gasteiger partial charge in [-0.25, -0.2) is 29.9 Å². The van der Waals surface area contributed by atoms with Gasteiger partial charge in [-0.1, -0.05) is 88.9 Å². The first kappa shape index (κ1) is 99.3. The van der Waals surface area contributed by atoms with Crippen LogP contribution in [0.4, 0.5) is 28.8 Å². The average Bonchev–Trinajstić information content (AvgIpc) is 1.57. The van der Waals surface area contributed by atoms with E-state index in [0.717, 1.165) is 242 Å². The number of para-hydroxylation sites is 1. The van der Waals surface area contributed by atoms with Crippen molar-refractivity contribution in [3.05, 3.63) is 114 Å². The highest BCUT2D eigenvalue weighted by atomic mass is 32.2. The first-order valence-corrected chi connectivity index (χ1v) is 46.4. The number of ketones is 4. The van der Waals surface area contributed by atoms with E-state index < -0.39 is 27.7 Å². The molecule has 7 heterocycles. The maximum absolute atomic E-state index is 12.6. The number of imidazole rings is 3. The predicted molar refractivity (Wildman–Crippen MR) is 499 cm³/mol. The minimum Gasteiger partial charge on any atom is -0.382 e. The highest BCUT2D eigenvalue weighted by Gasteiger charge is 2.28. The molecule has 1 fully saturated rings. The Balaban J connectivity index is 0.000000219. The highest BCUT2D eigenvalue weighted by molar-refractivity contribution is 7.85. The summed E-state index contributed by atoms with van der Waals surface area (Å²) >= 11 is 0. The molecule has 0 spiro atoms. The van der Waals surface area contributed by atoms with Crippen molar-refractivity contribution in [2.24, 2.45) is 10.9 Å². The van der Waals surface area contributed by atoms with Crippen LogP contribution in [0, 0.1) is 5.92 Å². The van der Waals surface area contributed by atoms with E-state index in [9.17, 15) is 41.7 Å². The number of nitrogens with zero attached hydrogens (tertiary/aromatic N) is 10. The fraction of sp³-hybridized carbons (Fsp3) is 0.538. The number of H-pyrrole nitrogens is 2. The normalized spacial score (nSPS) is 12.9. The summed E-state index contributed by atoms with van der Waals surface area (Å²) in [6.07, 6.45) is 16.8. The van der Waals surface area contributed by atoms with Gasteiger partial charge in [0.2, 0.25) is 11.8 Å². The number of hydrogen-bond donors (Lipinski definition) is 9. The van der Waals surface area contributed by atoms with E-state index in [4.69, 9.17) is 60.8 Å². The number of aliphatic imine (C=N–C) groups is 1. The number of nitrogens with two attached hydrogens (primary N) is 3. The van der Waals surface area contributed by atoms with Gasteiger partial charge < -0.3 is 76.3 Å². The molecule has 0 aliphatic carbocycles. The van der Waals surface area contributed by atoms with E-state index in [0.29, 0.717) is 115 Å². The lowest BCUT2D eigenvalue weighted by molar-refractivity contribution is -0.129. The zero-order chi connectivity index (χ0) is 90.2. The zero-order valence-corrected chi connectivity index (χ0v) is 75.5. The minimum atomic E-state index is -4.46. The number of hydrogen-bond acceptors (Lipinski definition) is 25. The molecular weight excluding hydrogens is 1630 g/mol. The summed E-state index contributed by atoms with van der Waals surface area (Å²) < 4.78 is 61.3. The molecule has 1 atom stereocenters. The maximum atomic E-state index is 12.6. The molecule has 0 saturated carbocycles. The molecule has 0 radical (unpaired) electrons. The van der Waals surface area contributed by atoms with E-state index in [2.05, 4.69) is 106 Å². The van der Waals surface area contributed by atoms with Gasteiger partial charge in [0.25, 0.3) is 10.1 Å². The lowest BCUT2D eigenvalue weighted by Gasteiger charge is -2.36. The Hall–Kier alpha value is -10.5. The van der Waals surface area contributed by atoms with Crippen LogP contribution in [0.1, 0.15) is 192 Å². The number of amides is 2. The molecule has 1 aliphatic rings. The fourth-order valence-corrected chi connectivity index (χ4v) is 15.5. The Labute approximate surface area is 739 Å². The lowest BCUT2D eigenvalue weighted by Crippen LogP contribution is -2.47. The summed E-state index contributed by atoms with van der Waals surface area (Å²) in [6, 6.07) is 28.6. The van der Waals surface area contributed by atoms with Crippen LogP contribution in [0.2, 0.25) is 0 Å². The van der Waals surface area contributed by atoms with Crippen LogP contribution in [0.3, 0.4) is 0 Å². The maximum Gasteiger partial charge on any atom is 0.265 e. The Morgan fingerprint density at radius 3 is 1.84 bits per heavy atom. The Bertz CT molecular complexity index is 5340. The second kappa shape index (κ2) is 52.6. The first-order chi connectivity index (χ1) is 60.9. The number of aromatic nitrogens is 9. The molecule has 11 rings (SSSR count). The number of benzene rings is 4. The standard InChI is InChI=1S/C39H55N7O5.C30H43N5O7S.C24H34N6O2/c1-4-5-17-35-45-37-38(32-14-6-7-15-33(32)44-39(37)40)46(35)21-9-8-20-41-34(16-11-22-50-23-18-29(2)47)43-31-13-10-12-30(27-31)28-42-36(48)19-24-51-26-25-49-3;1-3-4-9-26-34-27-24-11-10-21(17-25(24)33-29(31)28(27)35-26)8-6-5-7-14-32-30(38)22(19-43(39,40)41)18-23(37)13-16-42-15-12-20(2)36;1-3-4-5-21-27-22-19-16-18(6-7-20(19)26-24(25)23(22)28-21)30-11-9-29(10-12-30)13-15-32-14-8-17(2)31/h6-7,10,12-15,27H,4-5,8-9,11,16-26,28H2,1-3H3,(H2,40,44)(H,41,43)(H,42,48);10-11,17,22H,3-9,12-16,18-19H2,1-2H3,(H2,31,33)(H,32,38)(H,34,35)(H,39,40,41);6-7,16H,3-5,8-15H2,1-2H3,(H2,25,26)(H,27,28)/t;22-;/m.0./s1. The number of amidine groups is 1. The molecule has 126 heavy (non-hydrogen) atoms. The van der Waals surface area contributed by atoms with Crippen molar-refractivity contribution in [3.63, 3.8) is 0 Å². The van der Waals surface area contributed by atoms with E-state index in [1.54, 1.807) is 21.0 Å². The highest BCUT2D eigenvalue weighted by Crippen LogP contribution is 2.34. The quantitative estimate of drug-likeness (QED) is 0.00740. The van der Waals surface area contributed by atoms with Gasteiger partial charge in [0.05, 0.1) is 86.6 Å². The van der Waals surface area contributed by atoms with Crippen LogP contribution in [-0.2, 0) is 101 Å². The Morgan fingerprint density at radius 2 is 1.16 bits per heavy atom. The minimum absolute atomic E-state index is 0.0172. The summed E-state index contributed by atoms with van der Waals surface area (Å²) in [6.45, 7) is 21.9. The first-order valence-electron chi connectivity index (χ1n) is 44.7. The molecule has 0 bridgehead atoms. The fourth-order valence-electron chi connectivity index (χ4n) is 14.8. The van der Waals surface area contributed by atoms with Crippen LogP contribution in [-0.4, -0.2) is 221 Å². The molecule has 12 N–H and O–H groups in total.